The van der Waals surface area contributed by atoms with Crippen molar-refractivity contribution in [1.82, 2.24) is 15.6 Å². The molecule has 4 N–H and O–H groups in total. The minimum atomic E-state index is -3.67. The molecule has 8 heteroatoms. The van der Waals surface area contributed by atoms with E-state index in [-0.39, 0.29) is 17.3 Å². The number of hydrogen-bond donors (Lipinski definition) is 3. The molecule has 24 heavy (non-hydrogen) atoms. The molecule has 2 aromatic rings. The largest absolute Gasteiger partial charge is 0.355 e. The predicted octanol–water partition coefficient (Wildman–Crippen LogP) is 0.178. The van der Waals surface area contributed by atoms with Gasteiger partial charge in [-0.2, -0.15) is 0 Å². The minimum absolute atomic E-state index is 0.0778. The van der Waals surface area contributed by atoms with E-state index in [4.69, 9.17) is 5.14 Å². The first kappa shape index (κ1) is 18.1. The average molecular weight is 348 g/mol. The number of amides is 1. The summed E-state index contributed by atoms with van der Waals surface area (Å²) >= 11 is 0. The third-order valence-corrected chi connectivity index (χ3v) is 4.23. The summed E-state index contributed by atoms with van der Waals surface area (Å²) < 4.78 is 22.3. The molecule has 0 fully saturated rings. The Labute approximate surface area is 141 Å². The summed E-state index contributed by atoms with van der Waals surface area (Å²) in [5.74, 6) is -0.105. The highest BCUT2D eigenvalue weighted by Crippen LogP contribution is 2.08. The fraction of sp³-hybridized carbons (Fsp3) is 0.250. The highest BCUT2D eigenvalue weighted by atomic mass is 32.2. The summed E-state index contributed by atoms with van der Waals surface area (Å²) in [5.41, 5.74) is 1.80. The van der Waals surface area contributed by atoms with Crippen LogP contribution in [0.4, 0.5) is 0 Å². The number of nitrogens with one attached hydrogen (secondary N) is 2. The van der Waals surface area contributed by atoms with E-state index in [1.165, 1.54) is 12.1 Å². The van der Waals surface area contributed by atoms with Gasteiger partial charge in [-0.05, 0) is 36.2 Å². The highest BCUT2D eigenvalue weighted by Gasteiger charge is 2.07. The van der Waals surface area contributed by atoms with Crippen molar-refractivity contribution in [2.24, 2.45) is 5.14 Å². The fourth-order valence-corrected chi connectivity index (χ4v) is 2.58. The van der Waals surface area contributed by atoms with Gasteiger partial charge in [0.05, 0.1) is 17.1 Å². The van der Waals surface area contributed by atoms with E-state index in [1.54, 1.807) is 18.3 Å². The maximum absolute atomic E-state index is 11.7. The molecule has 0 aliphatic carbocycles. The zero-order valence-corrected chi connectivity index (χ0v) is 13.9. The van der Waals surface area contributed by atoms with Crippen molar-refractivity contribution in [1.29, 1.82) is 0 Å². The lowest BCUT2D eigenvalue weighted by Crippen LogP contribution is -2.34. The number of hydrogen-bond acceptors (Lipinski definition) is 5. The first-order valence-electron chi connectivity index (χ1n) is 7.44. The van der Waals surface area contributed by atoms with Crippen molar-refractivity contribution in [2.75, 3.05) is 13.1 Å². The van der Waals surface area contributed by atoms with Gasteiger partial charge >= 0.3 is 0 Å². The molecule has 0 radical (unpaired) electrons. The van der Waals surface area contributed by atoms with E-state index in [1.807, 2.05) is 18.2 Å². The zero-order valence-electron chi connectivity index (χ0n) is 13.1. The van der Waals surface area contributed by atoms with Crippen LogP contribution < -0.4 is 15.8 Å². The zero-order chi connectivity index (χ0) is 17.4. The Balaban J connectivity index is 1.67. The number of carbonyl (C=O) groups excluding carboxylic acids is 1. The Morgan fingerprint density at radius 3 is 2.50 bits per heavy atom. The van der Waals surface area contributed by atoms with Crippen LogP contribution in [0.3, 0.4) is 0 Å². The Morgan fingerprint density at radius 1 is 1.12 bits per heavy atom. The SMILES string of the molecule is NS(=O)(=O)c1ccc(CCNC(=O)CNCc2ccccn2)cc1. The smallest absolute Gasteiger partial charge is 0.238 e. The summed E-state index contributed by atoms with van der Waals surface area (Å²) in [6.45, 7) is 1.21. The van der Waals surface area contributed by atoms with Gasteiger partial charge in [0.15, 0.2) is 0 Å². The van der Waals surface area contributed by atoms with Gasteiger partial charge < -0.3 is 10.6 Å². The molecular formula is C16H20N4O3S. The lowest BCUT2D eigenvalue weighted by molar-refractivity contribution is -0.120. The molecule has 1 heterocycles. The number of rotatable bonds is 8. The lowest BCUT2D eigenvalue weighted by atomic mass is 10.1. The molecule has 0 aliphatic heterocycles. The molecule has 0 aliphatic rings. The number of sulfonamides is 1. The van der Waals surface area contributed by atoms with Crippen LogP contribution in [0.15, 0.2) is 53.6 Å². The number of benzene rings is 1. The summed E-state index contributed by atoms with van der Waals surface area (Å²) in [6.07, 6.45) is 2.31. The maximum Gasteiger partial charge on any atom is 0.238 e. The summed E-state index contributed by atoms with van der Waals surface area (Å²) in [7, 11) is -3.67. The predicted molar refractivity (Wildman–Crippen MR) is 90.5 cm³/mol. The van der Waals surface area contributed by atoms with Crippen LogP contribution in [0.25, 0.3) is 0 Å². The highest BCUT2D eigenvalue weighted by molar-refractivity contribution is 7.89. The van der Waals surface area contributed by atoms with E-state index >= 15 is 0 Å². The quantitative estimate of drug-likeness (QED) is 0.629. The monoisotopic (exact) mass is 348 g/mol. The Morgan fingerprint density at radius 2 is 1.88 bits per heavy atom. The molecule has 0 bridgehead atoms. The van der Waals surface area contributed by atoms with Crippen LogP contribution in [0.5, 0.6) is 0 Å². The van der Waals surface area contributed by atoms with Crippen LogP contribution >= 0.6 is 0 Å². The van der Waals surface area contributed by atoms with Crippen LogP contribution in [-0.4, -0.2) is 32.4 Å². The Hall–Kier alpha value is -2.29. The maximum atomic E-state index is 11.7. The Bertz CT molecular complexity index is 762. The molecule has 0 unspecified atom stereocenters. The van der Waals surface area contributed by atoms with E-state index in [0.717, 1.165) is 11.3 Å². The second-order valence-corrected chi connectivity index (χ2v) is 6.77. The van der Waals surface area contributed by atoms with Gasteiger partial charge in [-0.15, -0.1) is 0 Å². The Kier molecular flexibility index (Phi) is 6.42. The molecule has 0 atom stereocenters. The van der Waals surface area contributed by atoms with Gasteiger partial charge in [0.25, 0.3) is 0 Å². The molecule has 1 aromatic carbocycles. The number of nitrogens with zero attached hydrogens (tertiary/aromatic N) is 1. The summed E-state index contributed by atoms with van der Waals surface area (Å²) in [6, 6.07) is 11.9. The van der Waals surface area contributed by atoms with Crippen molar-refractivity contribution in [2.45, 2.75) is 17.9 Å². The molecule has 1 amide bonds. The normalized spacial score (nSPS) is 11.2. The van der Waals surface area contributed by atoms with E-state index in [9.17, 15) is 13.2 Å². The fourth-order valence-electron chi connectivity index (χ4n) is 2.06. The van der Waals surface area contributed by atoms with E-state index in [2.05, 4.69) is 15.6 Å². The number of pyridine rings is 1. The van der Waals surface area contributed by atoms with E-state index < -0.39 is 10.0 Å². The van der Waals surface area contributed by atoms with Gasteiger partial charge in [0.1, 0.15) is 0 Å². The molecule has 0 spiro atoms. The van der Waals surface area contributed by atoms with E-state index in [0.29, 0.717) is 19.5 Å². The van der Waals surface area contributed by atoms with Crippen LogP contribution in [-0.2, 0) is 27.8 Å². The first-order chi connectivity index (χ1) is 11.4. The number of aromatic nitrogens is 1. The molecular weight excluding hydrogens is 328 g/mol. The van der Waals surface area contributed by atoms with Crippen molar-refractivity contribution in [3.8, 4) is 0 Å². The van der Waals surface area contributed by atoms with Crippen molar-refractivity contribution < 1.29 is 13.2 Å². The second kappa shape index (κ2) is 8.53. The van der Waals surface area contributed by atoms with Crippen LogP contribution in [0.2, 0.25) is 0 Å². The topological polar surface area (TPSA) is 114 Å². The summed E-state index contributed by atoms with van der Waals surface area (Å²) in [5, 5.41) is 10.9. The minimum Gasteiger partial charge on any atom is -0.355 e. The van der Waals surface area contributed by atoms with Gasteiger partial charge in [-0.1, -0.05) is 18.2 Å². The molecule has 128 valence electrons. The standard InChI is InChI=1S/C16H20N4O3S/c17-24(22,23)15-6-4-13(5-7-15)8-10-20-16(21)12-18-11-14-3-1-2-9-19-14/h1-7,9,18H,8,10-12H2,(H,20,21)(H2,17,22,23). The lowest BCUT2D eigenvalue weighted by Gasteiger charge is -2.07. The molecule has 1 aromatic heterocycles. The first-order valence-corrected chi connectivity index (χ1v) is 8.99. The van der Waals surface area contributed by atoms with Crippen LogP contribution in [0, 0.1) is 0 Å². The molecule has 2 rings (SSSR count). The van der Waals surface area contributed by atoms with Gasteiger partial charge in [-0.25, -0.2) is 13.6 Å². The average Bonchev–Trinajstić information content (AvgIpc) is 2.55. The third kappa shape index (κ3) is 6.07. The number of carbonyl (C=O) groups is 1. The second-order valence-electron chi connectivity index (χ2n) is 5.21. The molecule has 0 saturated heterocycles. The molecule has 7 nitrogen and oxygen atoms in total. The van der Waals surface area contributed by atoms with Crippen LogP contribution in [0.1, 0.15) is 11.3 Å². The van der Waals surface area contributed by atoms with Gasteiger partial charge in [0, 0.05) is 19.3 Å². The number of primary sulfonamides is 1. The van der Waals surface area contributed by atoms with Gasteiger partial charge in [-0.3, -0.25) is 9.78 Å². The van der Waals surface area contributed by atoms with Crippen molar-refractivity contribution in [3.05, 3.63) is 59.9 Å². The molecule has 0 saturated carbocycles. The van der Waals surface area contributed by atoms with Gasteiger partial charge in [0.2, 0.25) is 15.9 Å². The third-order valence-electron chi connectivity index (χ3n) is 3.31. The summed E-state index contributed by atoms with van der Waals surface area (Å²) in [4.78, 5) is 16.0. The van der Waals surface area contributed by atoms with Crippen molar-refractivity contribution >= 4 is 15.9 Å². The number of nitrogens with two attached hydrogens (primary N) is 1. The van der Waals surface area contributed by atoms with Crippen molar-refractivity contribution in [3.63, 3.8) is 0 Å².